The molecule has 2 aromatic carbocycles. The fourth-order valence-electron chi connectivity index (χ4n) is 3.17. The van der Waals surface area contributed by atoms with Gasteiger partial charge in [0.15, 0.2) is 0 Å². The first-order valence-electron chi connectivity index (χ1n) is 8.67. The van der Waals surface area contributed by atoms with E-state index in [0.717, 1.165) is 40.3 Å². The molecule has 1 atom stereocenters. The molecule has 0 spiro atoms. The Labute approximate surface area is 151 Å². The lowest BCUT2D eigenvalue weighted by Crippen LogP contribution is -2.30. The van der Waals surface area contributed by atoms with Crippen molar-refractivity contribution in [3.8, 4) is 0 Å². The number of nitrogens with zero attached hydrogens (tertiary/aromatic N) is 1. The molecule has 128 valence electrons. The van der Waals surface area contributed by atoms with Gasteiger partial charge in [0.2, 0.25) is 5.91 Å². The van der Waals surface area contributed by atoms with Crippen LogP contribution in [0.1, 0.15) is 36.7 Å². The summed E-state index contributed by atoms with van der Waals surface area (Å²) in [4.78, 5) is 20.2. The van der Waals surface area contributed by atoms with E-state index in [2.05, 4.69) is 15.3 Å². The second kappa shape index (κ2) is 6.89. The maximum atomic E-state index is 12.4. The summed E-state index contributed by atoms with van der Waals surface area (Å²) >= 11 is 5.97. The molecule has 1 fully saturated rings. The molecule has 0 aliphatic heterocycles. The van der Waals surface area contributed by atoms with Crippen LogP contribution in [0.2, 0.25) is 5.02 Å². The van der Waals surface area contributed by atoms with Gasteiger partial charge in [-0.1, -0.05) is 35.9 Å². The zero-order valence-corrected chi connectivity index (χ0v) is 14.6. The van der Waals surface area contributed by atoms with E-state index in [1.807, 2.05) is 48.5 Å². The highest BCUT2D eigenvalue weighted by Gasteiger charge is 2.33. The number of nitrogens with one attached hydrogen (secondary N) is 2. The SMILES string of the molecule is O=C(CCc1nc2ccccc2[nH]1)N[C@H](c1ccc(Cl)cc1)C1CC1. The highest BCUT2D eigenvalue weighted by molar-refractivity contribution is 6.30. The van der Waals surface area contributed by atoms with Gasteiger partial charge in [0.1, 0.15) is 5.82 Å². The van der Waals surface area contributed by atoms with Crippen LogP contribution >= 0.6 is 11.6 Å². The minimum atomic E-state index is 0.0623. The first-order chi connectivity index (χ1) is 12.2. The van der Waals surface area contributed by atoms with E-state index in [1.165, 1.54) is 0 Å². The van der Waals surface area contributed by atoms with E-state index in [4.69, 9.17) is 11.6 Å². The number of imidazole rings is 1. The lowest BCUT2D eigenvalue weighted by Gasteiger charge is -2.19. The lowest BCUT2D eigenvalue weighted by atomic mass is 10.0. The fraction of sp³-hybridized carbons (Fsp3) is 0.300. The molecule has 0 saturated heterocycles. The van der Waals surface area contributed by atoms with Crippen molar-refractivity contribution in [2.75, 3.05) is 0 Å². The number of H-pyrrole nitrogens is 1. The Kier molecular flexibility index (Phi) is 4.45. The van der Waals surface area contributed by atoms with Crippen molar-refractivity contribution < 1.29 is 4.79 Å². The number of carbonyl (C=O) groups is 1. The zero-order valence-electron chi connectivity index (χ0n) is 13.8. The van der Waals surface area contributed by atoms with E-state index < -0.39 is 0 Å². The molecule has 1 aromatic heterocycles. The largest absolute Gasteiger partial charge is 0.349 e. The smallest absolute Gasteiger partial charge is 0.220 e. The first kappa shape index (κ1) is 16.2. The summed E-state index contributed by atoms with van der Waals surface area (Å²) < 4.78 is 0. The van der Waals surface area contributed by atoms with Gasteiger partial charge in [0.05, 0.1) is 17.1 Å². The van der Waals surface area contributed by atoms with Crippen LogP contribution in [-0.4, -0.2) is 15.9 Å². The van der Waals surface area contributed by atoms with Gasteiger partial charge in [-0.2, -0.15) is 0 Å². The summed E-state index contributed by atoms with van der Waals surface area (Å²) in [6.45, 7) is 0. The van der Waals surface area contributed by atoms with Gasteiger partial charge in [-0.15, -0.1) is 0 Å². The second-order valence-corrected chi connectivity index (χ2v) is 7.07. The van der Waals surface area contributed by atoms with Gasteiger partial charge < -0.3 is 10.3 Å². The van der Waals surface area contributed by atoms with E-state index in [9.17, 15) is 4.79 Å². The number of fused-ring (bicyclic) bond motifs is 1. The molecular weight excluding hydrogens is 334 g/mol. The normalized spacial score (nSPS) is 15.2. The summed E-state index contributed by atoms with van der Waals surface area (Å²) in [7, 11) is 0. The maximum absolute atomic E-state index is 12.4. The summed E-state index contributed by atoms with van der Waals surface area (Å²) in [5.41, 5.74) is 3.08. The number of aromatic nitrogens is 2. The quantitative estimate of drug-likeness (QED) is 0.689. The predicted octanol–water partition coefficient (Wildman–Crippen LogP) is 4.42. The van der Waals surface area contributed by atoms with Gasteiger partial charge in [0.25, 0.3) is 0 Å². The molecule has 1 aliphatic carbocycles. The van der Waals surface area contributed by atoms with E-state index in [-0.39, 0.29) is 11.9 Å². The molecule has 3 aromatic rings. The Morgan fingerprint density at radius 1 is 1.20 bits per heavy atom. The van der Waals surface area contributed by atoms with Crippen LogP contribution in [0.3, 0.4) is 0 Å². The average Bonchev–Trinajstić information content (AvgIpc) is 3.37. The molecule has 4 rings (SSSR count). The van der Waals surface area contributed by atoms with Gasteiger partial charge >= 0.3 is 0 Å². The van der Waals surface area contributed by atoms with Crippen LogP contribution in [0.4, 0.5) is 0 Å². The maximum Gasteiger partial charge on any atom is 0.220 e. The average molecular weight is 354 g/mol. The summed E-state index contributed by atoms with van der Waals surface area (Å²) in [5, 5.41) is 3.91. The molecule has 0 radical (unpaired) electrons. The number of rotatable bonds is 6. The van der Waals surface area contributed by atoms with E-state index in [1.54, 1.807) is 0 Å². The Morgan fingerprint density at radius 3 is 2.68 bits per heavy atom. The first-order valence-corrected chi connectivity index (χ1v) is 9.05. The number of para-hydroxylation sites is 2. The van der Waals surface area contributed by atoms with Crippen molar-refractivity contribution in [3.63, 3.8) is 0 Å². The van der Waals surface area contributed by atoms with Crippen molar-refractivity contribution in [2.24, 2.45) is 5.92 Å². The fourth-order valence-corrected chi connectivity index (χ4v) is 3.30. The minimum absolute atomic E-state index is 0.0623. The highest BCUT2D eigenvalue weighted by Crippen LogP contribution is 2.41. The van der Waals surface area contributed by atoms with E-state index in [0.29, 0.717) is 18.8 Å². The van der Waals surface area contributed by atoms with Gasteiger partial charge in [-0.25, -0.2) is 4.98 Å². The number of benzene rings is 2. The van der Waals surface area contributed by atoms with Crippen LogP contribution < -0.4 is 5.32 Å². The van der Waals surface area contributed by atoms with Crippen molar-refractivity contribution in [1.29, 1.82) is 0 Å². The van der Waals surface area contributed by atoms with Crippen molar-refractivity contribution in [2.45, 2.75) is 31.7 Å². The summed E-state index contributed by atoms with van der Waals surface area (Å²) in [5.74, 6) is 1.45. The molecule has 1 heterocycles. The third kappa shape index (κ3) is 3.85. The Hall–Kier alpha value is -2.33. The van der Waals surface area contributed by atoms with Crippen LogP contribution in [0, 0.1) is 5.92 Å². The summed E-state index contributed by atoms with van der Waals surface area (Å²) in [6.07, 6.45) is 3.36. The molecule has 0 bridgehead atoms. The number of halogens is 1. The van der Waals surface area contributed by atoms with Gasteiger partial charge in [-0.05, 0) is 48.6 Å². The molecule has 1 saturated carbocycles. The third-order valence-corrected chi connectivity index (χ3v) is 4.92. The Morgan fingerprint density at radius 2 is 1.96 bits per heavy atom. The Bertz CT molecular complexity index is 850. The molecule has 4 nitrogen and oxygen atoms in total. The Balaban J connectivity index is 1.39. The second-order valence-electron chi connectivity index (χ2n) is 6.63. The number of hydrogen-bond donors (Lipinski definition) is 2. The third-order valence-electron chi connectivity index (χ3n) is 4.67. The van der Waals surface area contributed by atoms with E-state index >= 15 is 0 Å². The topological polar surface area (TPSA) is 57.8 Å². The number of aryl methyl sites for hydroxylation is 1. The predicted molar refractivity (Wildman–Crippen MR) is 99.5 cm³/mol. The molecule has 2 N–H and O–H groups in total. The standard InChI is InChI=1S/C20H20ClN3O/c21-15-9-7-14(8-10-15)20(13-5-6-13)24-19(25)12-11-18-22-16-3-1-2-4-17(16)23-18/h1-4,7-10,13,20H,5-6,11-12H2,(H,22,23)(H,24,25)/t20-/m0/s1. The number of hydrogen-bond acceptors (Lipinski definition) is 2. The van der Waals surface area contributed by atoms with Gasteiger partial charge in [-0.3, -0.25) is 4.79 Å². The molecule has 1 amide bonds. The molecule has 0 unspecified atom stereocenters. The van der Waals surface area contributed by atoms with Crippen LogP contribution in [0.15, 0.2) is 48.5 Å². The molecular formula is C20H20ClN3O. The number of carbonyl (C=O) groups excluding carboxylic acids is 1. The molecule has 5 heteroatoms. The molecule has 25 heavy (non-hydrogen) atoms. The van der Waals surface area contributed by atoms with Crippen LogP contribution in [0.25, 0.3) is 11.0 Å². The highest BCUT2D eigenvalue weighted by atomic mass is 35.5. The molecule has 1 aliphatic rings. The van der Waals surface area contributed by atoms with Crippen LogP contribution in [0.5, 0.6) is 0 Å². The van der Waals surface area contributed by atoms with Crippen LogP contribution in [-0.2, 0) is 11.2 Å². The number of amides is 1. The monoisotopic (exact) mass is 353 g/mol. The lowest BCUT2D eigenvalue weighted by molar-refractivity contribution is -0.122. The van der Waals surface area contributed by atoms with Gasteiger partial charge in [0, 0.05) is 17.9 Å². The zero-order chi connectivity index (χ0) is 17.2. The van der Waals surface area contributed by atoms with Crippen molar-refractivity contribution in [3.05, 3.63) is 64.9 Å². The van der Waals surface area contributed by atoms with Crippen molar-refractivity contribution >= 4 is 28.5 Å². The number of aromatic amines is 1. The van der Waals surface area contributed by atoms with Crippen molar-refractivity contribution in [1.82, 2.24) is 15.3 Å². The minimum Gasteiger partial charge on any atom is -0.349 e. The summed E-state index contributed by atoms with van der Waals surface area (Å²) in [6, 6.07) is 15.8.